The van der Waals surface area contributed by atoms with E-state index in [1.54, 1.807) is 0 Å². The van der Waals surface area contributed by atoms with Gasteiger partial charge in [0.25, 0.3) is 0 Å². The van der Waals surface area contributed by atoms with Crippen molar-refractivity contribution in [1.29, 1.82) is 0 Å². The van der Waals surface area contributed by atoms with Crippen LogP contribution in [0, 0.1) is 0 Å². The Kier molecular flexibility index (Phi) is 6.66. The fourth-order valence-corrected chi connectivity index (χ4v) is 13.2. The van der Waals surface area contributed by atoms with E-state index in [2.05, 4.69) is 192 Å². The molecule has 0 radical (unpaired) electrons. The largest absolute Gasteiger partial charge is 0.316 e. The summed E-state index contributed by atoms with van der Waals surface area (Å²) in [5.74, 6) is 1.45. The van der Waals surface area contributed by atoms with Crippen LogP contribution in [-0.2, 0) is 5.41 Å². The third kappa shape index (κ3) is 4.49. The number of hydrogen-bond acceptors (Lipinski definition) is 5. The first-order valence-electron chi connectivity index (χ1n) is 20.9. The molecule has 1 atom stereocenters. The van der Waals surface area contributed by atoms with E-state index < -0.39 is 6.29 Å². The molecule has 8 aromatic carbocycles. The lowest BCUT2D eigenvalue weighted by atomic mass is 9.82. The molecule has 0 saturated heterocycles. The molecular formula is C54H35N5S2. The number of aliphatic imine (C=N–C) groups is 2. The van der Waals surface area contributed by atoms with Crippen LogP contribution < -0.4 is 5.32 Å². The summed E-state index contributed by atoms with van der Waals surface area (Å²) in [4.78, 5) is 11.2. The molecular weight excluding hydrogens is 783 g/mol. The average molecular weight is 818 g/mol. The third-order valence-electron chi connectivity index (χ3n) is 13.4. The minimum Gasteiger partial charge on any atom is -0.316 e. The van der Waals surface area contributed by atoms with E-state index in [1.165, 1.54) is 84.1 Å². The van der Waals surface area contributed by atoms with Gasteiger partial charge in [0, 0.05) is 72.9 Å². The number of para-hydroxylation sites is 2. The van der Waals surface area contributed by atoms with Crippen LogP contribution in [0.2, 0.25) is 0 Å². The molecule has 12 aromatic rings. The van der Waals surface area contributed by atoms with Crippen molar-refractivity contribution in [2.75, 3.05) is 0 Å². The highest BCUT2D eigenvalue weighted by atomic mass is 32.1. The molecule has 14 rings (SSSR count). The van der Waals surface area contributed by atoms with Crippen molar-refractivity contribution in [2.24, 2.45) is 9.98 Å². The maximum Gasteiger partial charge on any atom is 0.213 e. The molecule has 1 N–H and O–H groups in total. The number of benzene rings is 8. The molecule has 0 fully saturated rings. The molecule has 5 nitrogen and oxygen atoms in total. The minimum atomic E-state index is -0.501. The summed E-state index contributed by atoms with van der Waals surface area (Å²) in [6.07, 6.45) is -0.501. The summed E-state index contributed by atoms with van der Waals surface area (Å²) < 4.78 is 9.93. The smallest absolute Gasteiger partial charge is 0.213 e. The molecule has 5 heterocycles. The zero-order valence-electron chi connectivity index (χ0n) is 33.3. The van der Waals surface area contributed by atoms with Gasteiger partial charge in [-0.15, -0.1) is 22.7 Å². The predicted molar refractivity (Wildman–Crippen MR) is 260 cm³/mol. The fourth-order valence-electron chi connectivity index (χ4n) is 10.6. The van der Waals surface area contributed by atoms with Gasteiger partial charge in [0.1, 0.15) is 0 Å². The lowest BCUT2D eigenvalue weighted by molar-refractivity contribution is 0.509. The van der Waals surface area contributed by atoms with E-state index in [-0.39, 0.29) is 5.41 Å². The topological polar surface area (TPSA) is 46.6 Å². The zero-order chi connectivity index (χ0) is 40.1. The summed E-state index contributed by atoms with van der Waals surface area (Å²) in [5, 5.41) is 14.1. The van der Waals surface area contributed by atoms with Crippen LogP contribution in [-0.4, -0.2) is 20.9 Å². The monoisotopic (exact) mass is 817 g/mol. The molecule has 288 valence electrons. The van der Waals surface area contributed by atoms with E-state index in [0.717, 1.165) is 33.6 Å². The van der Waals surface area contributed by atoms with Gasteiger partial charge in [0.15, 0.2) is 5.84 Å². The molecule has 0 bridgehead atoms. The predicted octanol–water partition coefficient (Wildman–Crippen LogP) is 14.4. The normalized spacial score (nSPS) is 16.0. The molecule has 4 aromatic heterocycles. The van der Waals surface area contributed by atoms with E-state index in [1.807, 2.05) is 22.7 Å². The van der Waals surface area contributed by atoms with E-state index in [9.17, 15) is 0 Å². The van der Waals surface area contributed by atoms with Crippen molar-refractivity contribution >= 4 is 118 Å². The van der Waals surface area contributed by atoms with Crippen molar-refractivity contribution in [3.63, 3.8) is 0 Å². The molecule has 0 spiro atoms. The number of thiophene rings is 2. The van der Waals surface area contributed by atoms with Crippen LogP contribution in [0.4, 0.5) is 0 Å². The molecule has 0 saturated carbocycles. The Bertz CT molecular complexity index is 3960. The number of rotatable bonds is 2. The second-order valence-corrected chi connectivity index (χ2v) is 19.1. The van der Waals surface area contributed by atoms with Gasteiger partial charge in [-0.25, -0.2) is 4.99 Å². The Labute approximate surface area is 358 Å². The number of amidine groups is 1. The van der Waals surface area contributed by atoms with E-state index in [0.29, 0.717) is 5.84 Å². The molecule has 7 heteroatoms. The zero-order valence-corrected chi connectivity index (χ0v) is 34.9. The van der Waals surface area contributed by atoms with Crippen LogP contribution in [0.3, 0.4) is 0 Å². The van der Waals surface area contributed by atoms with Gasteiger partial charge in [0.05, 0.1) is 22.1 Å². The van der Waals surface area contributed by atoms with Gasteiger partial charge in [-0.05, 0) is 64.7 Å². The Morgan fingerprint density at radius 2 is 1.08 bits per heavy atom. The van der Waals surface area contributed by atoms with Crippen molar-refractivity contribution in [2.45, 2.75) is 25.6 Å². The van der Waals surface area contributed by atoms with Crippen molar-refractivity contribution < 1.29 is 0 Å². The highest BCUT2D eigenvalue weighted by molar-refractivity contribution is 7.27. The second kappa shape index (κ2) is 12.0. The first-order valence-corrected chi connectivity index (χ1v) is 22.5. The number of fused-ring (bicyclic) bond motifs is 17. The van der Waals surface area contributed by atoms with Gasteiger partial charge in [-0.1, -0.05) is 135 Å². The number of nitrogens with zero attached hydrogens (tertiary/aromatic N) is 4. The average Bonchev–Trinajstić information content (AvgIpc) is 4.09. The fraction of sp³-hybridized carbons (Fsp3) is 0.0741. The lowest BCUT2D eigenvalue weighted by Crippen LogP contribution is -2.40. The first kappa shape index (κ1) is 33.7. The van der Waals surface area contributed by atoms with Crippen LogP contribution >= 0.6 is 22.7 Å². The van der Waals surface area contributed by atoms with Gasteiger partial charge >= 0.3 is 0 Å². The molecule has 1 aliphatic carbocycles. The number of aromatic nitrogens is 2. The summed E-state index contributed by atoms with van der Waals surface area (Å²) in [6.45, 7) is 4.67. The van der Waals surface area contributed by atoms with Crippen LogP contribution in [0.1, 0.15) is 36.8 Å². The maximum absolute atomic E-state index is 5.61. The first-order chi connectivity index (χ1) is 30.0. The Balaban J connectivity index is 1.04. The van der Waals surface area contributed by atoms with Gasteiger partial charge in [-0.2, -0.15) is 4.99 Å². The molecule has 1 aliphatic heterocycles. The quantitative estimate of drug-likeness (QED) is 0.186. The van der Waals surface area contributed by atoms with E-state index in [4.69, 9.17) is 9.98 Å². The highest BCUT2D eigenvalue weighted by Crippen LogP contribution is 2.49. The second-order valence-electron chi connectivity index (χ2n) is 16.9. The van der Waals surface area contributed by atoms with Gasteiger partial charge < -0.3 is 9.88 Å². The third-order valence-corrected chi connectivity index (χ3v) is 15.8. The highest BCUT2D eigenvalue weighted by Gasteiger charge is 2.36. The van der Waals surface area contributed by atoms with Crippen LogP contribution in [0.25, 0.3) is 95.1 Å². The molecule has 1 unspecified atom stereocenters. The van der Waals surface area contributed by atoms with Crippen LogP contribution in [0.5, 0.6) is 0 Å². The standard InChI is InChI=1S/C54H35N5S2/c1-54(2)39-18-8-3-13-31(39)32-24-23-30(29-40(32)54)51-55-52(58-41-19-9-4-16-37(41)47-43(58)27-25-35-33-14-6-11-21-45(33)60-49(35)47)57-53(56-51)59-42-20-10-5-17-38(42)48-44(59)28-26-36-34-15-7-12-22-46(34)61-50(36)48/h3-29,52H,1-2H3,(H,55,56,57). The molecule has 2 aliphatic rings. The van der Waals surface area contributed by atoms with Crippen molar-refractivity contribution in [3.8, 4) is 11.1 Å². The lowest BCUT2D eigenvalue weighted by Gasteiger charge is -2.27. The summed E-state index contributed by atoms with van der Waals surface area (Å²) in [5.41, 5.74) is 10.6. The number of nitrogens with one attached hydrogen (secondary N) is 1. The summed E-state index contributed by atoms with van der Waals surface area (Å²) >= 11 is 3.75. The molecule has 0 amide bonds. The van der Waals surface area contributed by atoms with Crippen molar-refractivity contribution in [3.05, 3.63) is 180 Å². The Hall–Kier alpha value is -7.06. The van der Waals surface area contributed by atoms with Gasteiger partial charge in [-0.3, -0.25) is 4.57 Å². The van der Waals surface area contributed by atoms with Gasteiger partial charge in [0.2, 0.25) is 12.2 Å². The van der Waals surface area contributed by atoms with Crippen LogP contribution in [0.15, 0.2) is 174 Å². The minimum absolute atomic E-state index is 0.160. The number of hydrogen-bond donors (Lipinski definition) is 1. The summed E-state index contributed by atoms with van der Waals surface area (Å²) in [7, 11) is 0. The SMILES string of the molecule is CC1(C)c2ccccc2-c2ccc(C3=NC(n4c5ccccc5c5c6sc7ccccc7c6ccc54)NC(n4c5ccccc5c5c6sc7ccccc7c6ccc54)=N3)cc21. The maximum atomic E-state index is 5.61. The Morgan fingerprint density at radius 1 is 0.508 bits per heavy atom. The molecule has 61 heavy (non-hydrogen) atoms. The van der Waals surface area contributed by atoms with Crippen molar-refractivity contribution in [1.82, 2.24) is 14.5 Å². The summed E-state index contributed by atoms with van der Waals surface area (Å²) in [6, 6.07) is 60.0. The van der Waals surface area contributed by atoms with E-state index >= 15 is 0 Å². The Morgan fingerprint density at radius 3 is 1.82 bits per heavy atom.